The van der Waals surface area contributed by atoms with E-state index in [-0.39, 0.29) is 12.1 Å². The standard InChI is InChI=1S/C14H24N4O2/c1-17(2)13(19)18-7-5-14(11-15,6-8-18)16-10-12-4-3-9-20-12/h12,16H,3-10H2,1-2H3. The van der Waals surface area contributed by atoms with Crippen molar-refractivity contribution in [3.8, 4) is 6.07 Å². The average molecular weight is 280 g/mol. The quantitative estimate of drug-likeness (QED) is 0.830. The molecule has 0 aliphatic carbocycles. The highest BCUT2D eigenvalue weighted by molar-refractivity contribution is 5.74. The first kappa shape index (κ1) is 15.1. The molecule has 2 aliphatic rings. The van der Waals surface area contributed by atoms with Crippen molar-refractivity contribution >= 4 is 6.03 Å². The number of piperidine rings is 1. The van der Waals surface area contributed by atoms with Gasteiger partial charge in [0.15, 0.2) is 0 Å². The molecule has 0 radical (unpaired) electrons. The predicted octanol–water partition coefficient (Wildman–Crippen LogP) is 0.795. The van der Waals surface area contributed by atoms with Gasteiger partial charge in [-0.1, -0.05) is 0 Å². The predicted molar refractivity (Wildman–Crippen MR) is 75.2 cm³/mol. The molecular weight excluding hydrogens is 256 g/mol. The Morgan fingerprint density at radius 3 is 2.70 bits per heavy atom. The van der Waals surface area contributed by atoms with Crippen LogP contribution in [0, 0.1) is 11.3 Å². The van der Waals surface area contributed by atoms with Gasteiger partial charge < -0.3 is 14.5 Å². The fraction of sp³-hybridized carbons (Fsp3) is 0.857. The summed E-state index contributed by atoms with van der Waals surface area (Å²) in [7, 11) is 3.51. The van der Waals surface area contributed by atoms with Crippen LogP contribution in [0.4, 0.5) is 4.79 Å². The molecule has 6 heteroatoms. The van der Waals surface area contributed by atoms with Crippen molar-refractivity contribution in [2.24, 2.45) is 0 Å². The lowest BCUT2D eigenvalue weighted by molar-refractivity contribution is 0.0947. The van der Waals surface area contributed by atoms with Gasteiger partial charge in [0.1, 0.15) is 5.54 Å². The Hall–Kier alpha value is -1.32. The number of amides is 2. The lowest BCUT2D eigenvalue weighted by Gasteiger charge is -2.39. The minimum atomic E-state index is -0.505. The Bertz CT molecular complexity index is 377. The minimum absolute atomic E-state index is 0.0238. The lowest BCUT2D eigenvalue weighted by atomic mass is 9.89. The van der Waals surface area contributed by atoms with Crippen molar-refractivity contribution in [3.63, 3.8) is 0 Å². The van der Waals surface area contributed by atoms with Crippen LogP contribution in [0.15, 0.2) is 0 Å². The van der Waals surface area contributed by atoms with Gasteiger partial charge in [0, 0.05) is 40.3 Å². The number of nitriles is 1. The SMILES string of the molecule is CN(C)C(=O)N1CCC(C#N)(NCC2CCCO2)CC1. The van der Waals surface area contributed by atoms with Crippen molar-refractivity contribution in [1.29, 1.82) is 5.26 Å². The summed E-state index contributed by atoms with van der Waals surface area (Å²) in [5.74, 6) is 0. The number of nitrogens with one attached hydrogen (secondary N) is 1. The molecular formula is C14H24N4O2. The third kappa shape index (κ3) is 3.41. The normalized spacial score (nSPS) is 25.2. The number of carbonyl (C=O) groups is 1. The summed E-state index contributed by atoms with van der Waals surface area (Å²) in [5.41, 5.74) is -0.505. The molecule has 1 unspecified atom stereocenters. The lowest BCUT2D eigenvalue weighted by Crippen LogP contribution is -2.56. The van der Waals surface area contributed by atoms with E-state index in [0.717, 1.165) is 26.0 Å². The van der Waals surface area contributed by atoms with Crippen LogP contribution < -0.4 is 5.32 Å². The first-order valence-electron chi connectivity index (χ1n) is 7.30. The zero-order valence-electron chi connectivity index (χ0n) is 12.4. The molecule has 0 spiro atoms. The van der Waals surface area contributed by atoms with E-state index in [1.807, 2.05) is 4.90 Å². The monoisotopic (exact) mass is 280 g/mol. The van der Waals surface area contributed by atoms with Crippen LogP contribution in [0.25, 0.3) is 0 Å². The highest BCUT2D eigenvalue weighted by Crippen LogP contribution is 2.23. The molecule has 2 rings (SSSR count). The largest absolute Gasteiger partial charge is 0.377 e. The van der Waals surface area contributed by atoms with Crippen LogP contribution in [0.2, 0.25) is 0 Å². The molecule has 2 heterocycles. The summed E-state index contributed by atoms with van der Waals surface area (Å²) >= 11 is 0. The maximum atomic E-state index is 11.9. The highest BCUT2D eigenvalue weighted by atomic mass is 16.5. The molecule has 1 N–H and O–H groups in total. The molecule has 0 aromatic rings. The van der Waals surface area contributed by atoms with Crippen LogP contribution >= 0.6 is 0 Å². The van der Waals surface area contributed by atoms with E-state index in [4.69, 9.17) is 4.74 Å². The van der Waals surface area contributed by atoms with Crippen molar-refractivity contribution < 1.29 is 9.53 Å². The third-order valence-electron chi connectivity index (χ3n) is 4.18. The Kier molecular flexibility index (Phi) is 4.84. The van der Waals surface area contributed by atoms with Gasteiger partial charge in [-0.25, -0.2) is 4.79 Å². The second-order valence-corrected chi connectivity index (χ2v) is 5.87. The van der Waals surface area contributed by atoms with E-state index in [0.29, 0.717) is 25.9 Å². The molecule has 0 bridgehead atoms. The number of rotatable bonds is 3. The number of likely N-dealkylation sites (tertiary alicyclic amines) is 1. The molecule has 0 aromatic carbocycles. The first-order valence-corrected chi connectivity index (χ1v) is 7.30. The summed E-state index contributed by atoms with van der Waals surface area (Å²) in [4.78, 5) is 15.3. The minimum Gasteiger partial charge on any atom is -0.377 e. The fourth-order valence-electron chi connectivity index (χ4n) is 2.81. The number of carbonyl (C=O) groups excluding carboxylic acids is 1. The number of nitrogens with zero attached hydrogens (tertiary/aromatic N) is 3. The summed E-state index contributed by atoms with van der Waals surface area (Å²) in [6.07, 6.45) is 3.77. The van der Waals surface area contributed by atoms with E-state index in [1.54, 1.807) is 19.0 Å². The molecule has 20 heavy (non-hydrogen) atoms. The fourth-order valence-corrected chi connectivity index (χ4v) is 2.81. The average Bonchev–Trinajstić information content (AvgIpc) is 2.98. The third-order valence-corrected chi connectivity index (χ3v) is 4.18. The van der Waals surface area contributed by atoms with Crippen LogP contribution in [0.5, 0.6) is 0 Å². The molecule has 2 aliphatic heterocycles. The summed E-state index contributed by atoms with van der Waals surface area (Å²) in [6.45, 7) is 2.82. The number of ether oxygens (including phenoxy) is 1. The van der Waals surface area contributed by atoms with Crippen LogP contribution in [-0.2, 0) is 4.74 Å². The maximum absolute atomic E-state index is 11.9. The van der Waals surface area contributed by atoms with Gasteiger partial charge in [-0.3, -0.25) is 5.32 Å². The molecule has 2 fully saturated rings. The maximum Gasteiger partial charge on any atom is 0.319 e. The number of hydrogen-bond acceptors (Lipinski definition) is 4. The van der Waals surface area contributed by atoms with E-state index >= 15 is 0 Å². The van der Waals surface area contributed by atoms with Gasteiger partial charge in [-0.2, -0.15) is 5.26 Å². The zero-order valence-corrected chi connectivity index (χ0v) is 12.4. The number of hydrogen-bond donors (Lipinski definition) is 1. The molecule has 6 nitrogen and oxygen atoms in total. The second-order valence-electron chi connectivity index (χ2n) is 5.87. The van der Waals surface area contributed by atoms with Crippen molar-refractivity contribution in [1.82, 2.24) is 15.1 Å². The van der Waals surface area contributed by atoms with E-state index < -0.39 is 5.54 Å². The highest BCUT2D eigenvalue weighted by Gasteiger charge is 2.36. The van der Waals surface area contributed by atoms with Gasteiger partial charge >= 0.3 is 6.03 Å². The molecule has 2 amide bonds. The molecule has 0 aromatic heterocycles. The second kappa shape index (κ2) is 6.42. The molecule has 0 saturated carbocycles. The van der Waals surface area contributed by atoms with E-state index in [9.17, 15) is 10.1 Å². The van der Waals surface area contributed by atoms with Crippen LogP contribution in [0.3, 0.4) is 0 Å². The first-order chi connectivity index (χ1) is 9.56. The Labute approximate surface area is 120 Å². The Morgan fingerprint density at radius 1 is 1.50 bits per heavy atom. The number of urea groups is 1. The summed E-state index contributed by atoms with van der Waals surface area (Å²) in [5, 5.41) is 12.9. The van der Waals surface area contributed by atoms with Crippen molar-refractivity contribution in [3.05, 3.63) is 0 Å². The Morgan fingerprint density at radius 2 is 2.20 bits per heavy atom. The zero-order chi connectivity index (χ0) is 14.6. The molecule has 112 valence electrons. The van der Waals surface area contributed by atoms with Gasteiger partial charge in [0.25, 0.3) is 0 Å². The smallest absolute Gasteiger partial charge is 0.319 e. The van der Waals surface area contributed by atoms with Gasteiger partial charge in [-0.15, -0.1) is 0 Å². The van der Waals surface area contributed by atoms with Gasteiger partial charge in [-0.05, 0) is 25.7 Å². The summed E-state index contributed by atoms with van der Waals surface area (Å²) in [6, 6.07) is 2.44. The molecule has 2 saturated heterocycles. The van der Waals surface area contributed by atoms with Crippen molar-refractivity contribution in [2.75, 3.05) is 40.3 Å². The van der Waals surface area contributed by atoms with Gasteiger partial charge in [0.2, 0.25) is 0 Å². The molecule has 1 atom stereocenters. The Balaban J connectivity index is 1.84. The van der Waals surface area contributed by atoms with Crippen LogP contribution in [0.1, 0.15) is 25.7 Å². The van der Waals surface area contributed by atoms with E-state index in [1.165, 1.54) is 0 Å². The van der Waals surface area contributed by atoms with Crippen LogP contribution in [-0.4, -0.2) is 67.8 Å². The van der Waals surface area contributed by atoms with Gasteiger partial charge in [0.05, 0.1) is 12.2 Å². The topological polar surface area (TPSA) is 68.6 Å². The van der Waals surface area contributed by atoms with Crippen molar-refractivity contribution in [2.45, 2.75) is 37.3 Å². The van der Waals surface area contributed by atoms with E-state index in [2.05, 4.69) is 11.4 Å². The summed E-state index contributed by atoms with van der Waals surface area (Å²) < 4.78 is 5.58.